The molecule has 0 aliphatic heterocycles. The molecule has 0 unspecified atom stereocenters. The molecule has 0 aromatic heterocycles. The second-order valence-corrected chi connectivity index (χ2v) is 4.86. The van der Waals surface area contributed by atoms with Gasteiger partial charge in [0.1, 0.15) is 0 Å². The minimum atomic E-state index is 0.825. The van der Waals surface area contributed by atoms with Gasteiger partial charge in [-0.3, -0.25) is 0 Å². The zero-order valence-corrected chi connectivity index (χ0v) is 10.4. The van der Waals surface area contributed by atoms with Crippen molar-refractivity contribution in [3.63, 3.8) is 0 Å². The molecule has 2 aromatic rings. The summed E-state index contributed by atoms with van der Waals surface area (Å²) in [6, 6.07) is 19.0. The summed E-state index contributed by atoms with van der Waals surface area (Å²) in [4.78, 5) is 1.28. The van der Waals surface area contributed by atoms with E-state index in [0.717, 1.165) is 12.2 Å². The Bertz CT molecular complexity index is 491. The molecule has 17 heavy (non-hydrogen) atoms. The third-order valence-electron chi connectivity index (χ3n) is 2.48. The molecule has 0 saturated heterocycles. The zero-order chi connectivity index (χ0) is 11.9. The van der Waals surface area contributed by atoms with Crippen molar-refractivity contribution in [1.82, 2.24) is 0 Å². The van der Waals surface area contributed by atoms with Gasteiger partial charge >= 0.3 is 0 Å². The van der Waals surface area contributed by atoms with Crippen LogP contribution >= 0.6 is 11.8 Å². The smallest absolute Gasteiger partial charge is 0.0180 e. The molecule has 0 saturated carbocycles. The molecule has 0 radical (unpaired) electrons. The van der Waals surface area contributed by atoms with Crippen LogP contribution < -0.4 is 0 Å². The third kappa shape index (κ3) is 3.41. The van der Waals surface area contributed by atoms with Gasteiger partial charge in [-0.1, -0.05) is 42.5 Å². The van der Waals surface area contributed by atoms with E-state index in [1.807, 2.05) is 6.07 Å². The van der Waals surface area contributed by atoms with Crippen LogP contribution in [-0.4, -0.2) is 5.75 Å². The van der Waals surface area contributed by atoms with E-state index in [-0.39, 0.29) is 0 Å². The standard InChI is InChI=1S/C16H14S/c1-2-3-13-17-16-11-9-15(10-12-16)14-7-5-4-6-8-14/h1,4-12H,3,13H2. The maximum absolute atomic E-state index is 5.23. The first-order valence-electron chi connectivity index (χ1n) is 5.62. The minimum Gasteiger partial charge on any atom is -0.125 e. The molecule has 2 rings (SSSR count). The molecule has 84 valence electrons. The molecule has 0 aliphatic rings. The van der Waals surface area contributed by atoms with E-state index in [4.69, 9.17) is 6.42 Å². The molecule has 1 heteroatoms. The van der Waals surface area contributed by atoms with Crippen molar-refractivity contribution < 1.29 is 0 Å². The Morgan fingerprint density at radius 2 is 1.53 bits per heavy atom. The highest BCUT2D eigenvalue weighted by Crippen LogP contribution is 2.24. The molecule has 0 N–H and O–H groups in total. The maximum Gasteiger partial charge on any atom is 0.0180 e. The van der Waals surface area contributed by atoms with E-state index < -0.39 is 0 Å². The van der Waals surface area contributed by atoms with Gasteiger partial charge in [0.15, 0.2) is 0 Å². The number of hydrogen-bond acceptors (Lipinski definition) is 1. The van der Waals surface area contributed by atoms with Gasteiger partial charge in [0.2, 0.25) is 0 Å². The van der Waals surface area contributed by atoms with Gasteiger partial charge in [-0.05, 0) is 23.3 Å². The molecule has 0 aliphatic carbocycles. The maximum atomic E-state index is 5.23. The monoisotopic (exact) mass is 238 g/mol. The summed E-state index contributed by atoms with van der Waals surface area (Å²) >= 11 is 1.81. The van der Waals surface area contributed by atoms with E-state index in [2.05, 4.69) is 54.5 Å². The Morgan fingerprint density at radius 1 is 0.882 bits per heavy atom. The fourth-order valence-electron chi connectivity index (χ4n) is 1.60. The SMILES string of the molecule is C#CCCSc1ccc(-c2ccccc2)cc1. The lowest BCUT2D eigenvalue weighted by atomic mass is 10.1. The van der Waals surface area contributed by atoms with Crippen LogP contribution in [0.4, 0.5) is 0 Å². The van der Waals surface area contributed by atoms with Gasteiger partial charge in [0.05, 0.1) is 0 Å². The Morgan fingerprint density at radius 3 is 2.18 bits per heavy atom. The Balaban J connectivity index is 2.06. The quantitative estimate of drug-likeness (QED) is 0.430. The van der Waals surface area contributed by atoms with E-state index in [1.54, 1.807) is 11.8 Å². The van der Waals surface area contributed by atoms with Gasteiger partial charge < -0.3 is 0 Å². The van der Waals surface area contributed by atoms with Crippen LogP contribution in [0.5, 0.6) is 0 Å². The summed E-state index contributed by atoms with van der Waals surface area (Å²) in [5, 5.41) is 0. The second kappa shape index (κ2) is 6.18. The number of rotatable bonds is 4. The Labute approximate surface area is 107 Å². The molecule has 0 fully saturated rings. The van der Waals surface area contributed by atoms with E-state index in [9.17, 15) is 0 Å². The van der Waals surface area contributed by atoms with Gasteiger partial charge in [-0.2, -0.15) is 0 Å². The molecular weight excluding hydrogens is 224 g/mol. The highest BCUT2D eigenvalue weighted by atomic mass is 32.2. The molecule has 0 nitrogen and oxygen atoms in total. The molecule has 0 atom stereocenters. The van der Waals surface area contributed by atoms with Crippen LogP contribution in [0.15, 0.2) is 59.5 Å². The fourth-order valence-corrected chi connectivity index (χ4v) is 2.39. The molecule has 2 aromatic carbocycles. The highest BCUT2D eigenvalue weighted by Gasteiger charge is 1.97. The van der Waals surface area contributed by atoms with Crippen LogP contribution in [0, 0.1) is 12.3 Å². The van der Waals surface area contributed by atoms with Crippen molar-refractivity contribution in [1.29, 1.82) is 0 Å². The van der Waals surface area contributed by atoms with Gasteiger partial charge in [0.25, 0.3) is 0 Å². The van der Waals surface area contributed by atoms with Crippen molar-refractivity contribution in [3.05, 3.63) is 54.6 Å². The first-order valence-corrected chi connectivity index (χ1v) is 6.60. The van der Waals surface area contributed by atoms with Crippen molar-refractivity contribution in [3.8, 4) is 23.5 Å². The summed E-state index contributed by atoms with van der Waals surface area (Å²) < 4.78 is 0. The van der Waals surface area contributed by atoms with Crippen LogP contribution in [0.3, 0.4) is 0 Å². The highest BCUT2D eigenvalue weighted by molar-refractivity contribution is 7.99. The Kier molecular flexibility index (Phi) is 4.30. The first kappa shape index (κ1) is 11.8. The third-order valence-corrected chi connectivity index (χ3v) is 3.49. The summed E-state index contributed by atoms with van der Waals surface area (Å²) in [5.74, 6) is 3.64. The fraction of sp³-hybridized carbons (Fsp3) is 0.125. The summed E-state index contributed by atoms with van der Waals surface area (Å²) in [7, 11) is 0. The van der Waals surface area contributed by atoms with Crippen molar-refractivity contribution >= 4 is 11.8 Å². The van der Waals surface area contributed by atoms with Gasteiger partial charge in [-0.15, -0.1) is 24.1 Å². The molecule has 0 bridgehead atoms. The largest absolute Gasteiger partial charge is 0.125 e. The first-order chi connectivity index (χ1) is 8.40. The molecular formula is C16H14S. The second-order valence-electron chi connectivity index (χ2n) is 3.69. The van der Waals surface area contributed by atoms with Crippen molar-refractivity contribution in [2.45, 2.75) is 11.3 Å². The summed E-state index contributed by atoms with van der Waals surface area (Å²) in [5.41, 5.74) is 2.51. The average molecular weight is 238 g/mol. The van der Waals surface area contributed by atoms with E-state index >= 15 is 0 Å². The lowest BCUT2D eigenvalue weighted by Crippen LogP contribution is -1.79. The number of terminal acetylenes is 1. The van der Waals surface area contributed by atoms with Crippen LogP contribution in [-0.2, 0) is 0 Å². The van der Waals surface area contributed by atoms with Gasteiger partial charge in [0, 0.05) is 17.1 Å². The molecule has 0 amide bonds. The van der Waals surface area contributed by atoms with Crippen LogP contribution in [0.25, 0.3) is 11.1 Å². The number of benzene rings is 2. The summed E-state index contributed by atoms with van der Waals surface area (Å²) in [6.45, 7) is 0. The zero-order valence-electron chi connectivity index (χ0n) is 9.60. The molecule has 0 spiro atoms. The predicted molar refractivity (Wildman–Crippen MR) is 76.1 cm³/mol. The normalized spacial score (nSPS) is 9.82. The van der Waals surface area contributed by atoms with Crippen molar-refractivity contribution in [2.24, 2.45) is 0 Å². The van der Waals surface area contributed by atoms with Crippen molar-refractivity contribution in [2.75, 3.05) is 5.75 Å². The minimum absolute atomic E-state index is 0.825. The lowest BCUT2D eigenvalue weighted by molar-refractivity contribution is 1.29. The van der Waals surface area contributed by atoms with Gasteiger partial charge in [-0.25, -0.2) is 0 Å². The van der Waals surface area contributed by atoms with Crippen LogP contribution in [0.1, 0.15) is 6.42 Å². The summed E-state index contributed by atoms with van der Waals surface area (Å²) in [6.07, 6.45) is 6.05. The number of thioether (sulfide) groups is 1. The van der Waals surface area contributed by atoms with E-state index in [1.165, 1.54) is 16.0 Å². The topological polar surface area (TPSA) is 0 Å². The lowest BCUT2D eigenvalue weighted by Gasteiger charge is -2.03. The molecule has 0 heterocycles. The Hall–Kier alpha value is -1.65. The average Bonchev–Trinajstić information content (AvgIpc) is 2.41. The van der Waals surface area contributed by atoms with Crippen LogP contribution in [0.2, 0.25) is 0 Å². The predicted octanol–water partition coefficient (Wildman–Crippen LogP) is 4.47. The number of hydrogen-bond donors (Lipinski definition) is 0. The van der Waals surface area contributed by atoms with E-state index in [0.29, 0.717) is 0 Å².